The van der Waals surface area contributed by atoms with Crippen molar-refractivity contribution in [2.24, 2.45) is 0 Å². The third-order valence-electron chi connectivity index (χ3n) is 0.917. The number of hydrogen-bond donors (Lipinski definition) is 2. The maximum atomic E-state index is 4.67. The van der Waals surface area contributed by atoms with Crippen molar-refractivity contribution < 1.29 is 103 Å². The average molecular weight is 303 g/mol. The van der Waals surface area contributed by atoms with Crippen LogP contribution in [0.25, 0.3) is 0 Å². The smallest absolute Gasteiger partial charge is 0.412 e. The van der Waals surface area contributed by atoms with Gasteiger partial charge in [-0.05, 0) is 6.92 Å². The van der Waals surface area contributed by atoms with E-state index in [1.807, 2.05) is 6.92 Å². The molecule has 0 aliphatic carbocycles. The van der Waals surface area contributed by atoms with Gasteiger partial charge < -0.3 is 60.3 Å². The van der Waals surface area contributed by atoms with Crippen molar-refractivity contribution in [2.45, 2.75) is 13.0 Å². The van der Waals surface area contributed by atoms with Crippen molar-refractivity contribution in [3.05, 3.63) is 0 Å². The fourth-order valence-corrected chi connectivity index (χ4v) is 1.06. The van der Waals surface area contributed by atoms with Crippen LogP contribution in [0.4, 0.5) is 0 Å². The molecule has 0 bridgehead atoms. The Bertz CT molecular complexity index is 167. The van der Waals surface area contributed by atoms with Crippen molar-refractivity contribution in [3.8, 4) is 0 Å². The molecule has 0 saturated heterocycles. The van der Waals surface area contributed by atoms with Gasteiger partial charge in [-0.2, -0.15) is 0 Å². The van der Waals surface area contributed by atoms with Crippen molar-refractivity contribution in [1.82, 2.24) is 10.6 Å². The van der Waals surface area contributed by atoms with Crippen LogP contribution in [0.2, 0.25) is 0 Å². The minimum atomic E-state index is 0. The third-order valence-corrected chi connectivity index (χ3v) is 1.44. The zero-order valence-electron chi connectivity index (χ0n) is 7.92. The Morgan fingerprint density at radius 1 is 1.23 bits per heavy atom. The number of hydrogen-bond acceptors (Lipinski definition) is 4. The number of thiocarbonyl (C=S) groups is 2. The van der Waals surface area contributed by atoms with Crippen LogP contribution < -0.4 is 113 Å². The van der Waals surface area contributed by atoms with Gasteiger partial charge in [-0.15, -0.1) is 0 Å². The van der Waals surface area contributed by atoms with E-state index in [2.05, 4.69) is 60.3 Å². The maximum Gasteiger partial charge on any atom is 1.00 e. The molecule has 0 aromatic heterocycles. The average Bonchev–Trinajstić information content (AvgIpc) is 1.82. The van der Waals surface area contributed by atoms with Crippen LogP contribution in [0, 0.1) is 0 Å². The van der Waals surface area contributed by atoms with Gasteiger partial charge in [-0.3, -0.25) is 0 Å². The van der Waals surface area contributed by atoms with Gasteiger partial charge in [0.15, 0.2) is 0 Å². The zero-order valence-corrected chi connectivity index (χ0v) is 17.4. The van der Waals surface area contributed by atoms with Crippen LogP contribution in [-0.4, -0.2) is 21.2 Å². The molecule has 0 spiro atoms. The molecule has 0 aromatic carbocycles. The summed E-state index contributed by atoms with van der Waals surface area (Å²) in [6.45, 7) is 2.60. The summed E-state index contributed by atoms with van der Waals surface area (Å²) >= 11 is 18.6. The van der Waals surface area contributed by atoms with Gasteiger partial charge in [0.1, 0.15) is 0 Å². The summed E-state index contributed by atoms with van der Waals surface area (Å²) in [7, 11) is 0. The Kier molecular flexibility index (Phi) is 22.7. The molecule has 0 rings (SSSR count). The normalized spacial score (nSPS) is 9.92. The van der Waals surface area contributed by atoms with Crippen molar-refractivity contribution in [1.29, 1.82) is 0 Å². The van der Waals surface area contributed by atoms with Gasteiger partial charge in [0, 0.05) is 12.6 Å². The summed E-state index contributed by atoms with van der Waals surface area (Å²) in [6, 6.07) is 0.167. The van der Waals surface area contributed by atoms with E-state index in [9.17, 15) is 0 Å². The van der Waals surface area contributed by atoms with Gasteiger partial charge >= 0.3 is 103 Å². The van der Waals surface area contributed by atoms with E-state index in [0.717, 1.165) is 0 Å². The molecular formula is C5H8K2N2S4. The van der Waals surface area contributed by atoms with E-state index in [0.29, 0.717) is 15.2 Å². The fraction of sp³-hybridized carbons (Fsp3) is 0.600. The van der Waals surface area contributed by atoms with E-state index in [-0.39, 0.29) is 109 Å². The Labute approximate surface area is 186 Å². The Morgan fingerprint density at radius 3 is 2.00 bits per heavy atom. The SMILES string of the molecule is CC(CNC(=S)[S-])NC(=S)[S-].[K+].[K+]. The molecule has 13 heavy (non-hydrogen) atoms. The molecule has 0 heterocycles. The van der Waals surface area contributed by atoms with Crippen LogP contribution in [-0.2, 0) is 25.3 Å². The molecule has 0 amide bonds. The Morgan fingerprint density at radius 2 is 1.69 bits per heavy atom. The second-order valence-electron chi connectivity index (χ2n) is 2.00. The molecule has 8 heteroatoms. The predicted octanol–water partition coefficient (Wildman–Crippen LogP) is -5.77. The van der Waals surface area contributed by atoms with E-state index in [1.165, 1.54) is 0 Å². The van der Waals surface area contributed by atoms with E-state index < -0.39 is 0 Å². The molecule has 2 N–H and O–H groups in total. The minimum absolute atomic E-state index is 0. The minimum Gasteiger partial charge on any atom is -0.412 e. The monoisotopic (exact) mass is 302 g/mol. The van der Waals surface area contributed by atoms with Gasteiger partial charge in [0.05, 0.1) is 0 Å². The summed E-state index contributed by atoms with van der Waals surface area (Å²) in [6.07, 6.45) is 0. The first-order valence-electron chi connectivity index (χ1n) is 2.94. The first-order chi connectivity index (χ1) is 5.02. The van der Waals surface area contributed by atoms with Crippen LogP contribution in [0.1, 0.15) is 6.92 Å². The van der Waals surface area contributed by atoms with E-state index in [4.69, 9.17) is 0 Å². The molecule has 1 atom stereocenters. The molecule has 1 unspecified atom stereocenters. The molecule has 0 fully saturated rings. The molecular weight excluding hydrogens is 295 g/mol. The summed E-state index contributed by atoms with van der Waals surface area (Å²) in [5.41, 5.74) is 0. The molecule has 64 valence electrons. The zero-order chi connectivity index (χ0) is 8.85. The maximum absolute atomic E-state index is 4.67. The Hall–Kier alpha value is 3.49. The topological polar surface area (TPSA) is 24.1 Å². The standard InChI is InChI=1S/C5H10N2S4.2K/c1-3(7-5(10)11)2-6-4(8)9;;/h3H,2H2,1H3,(H2,6,8,9)(H2,7,10,11);;/q;2*+1/p-2. The van der Waals surface area contributed by atoms with E-state index >= 15 is 0 Å². The summed E-state index contributed by atoms with van der Waals surface area (Å²) < 4.78 is 0.739. The second kappa shape index (κ2) is 13.6. The van der Waals surface area contributed by atoms with Gasteiger partial charge in [0.2, 0.25) is 0 Å². The van der Waals surface area contributed by atoms with Crippen LogP contribution in [0.3, 0.4) is 0 Å². The van der Waals surface area contributed by atoms with Gasteiger partial charge in [-0.25, -0.2) is 0 Å². The quantitative estimate of drug-likeness (QED) is 0.306. The Balaban J connectivity index is -0.000000500. The van der Waals surface area contributed by atoms with Crippen molar-refractivity contribution >= 4 is 58.3 Å². The molecule has 0 saturated carbocycles. The van der Waals surface area contributed by atoms with E-state index in [1.54, 1.807) is 0 Å². The molecule has 0 aliphatic rings. The molecule has 2 nitrogen and oxygen atoms in total. The molecule has 0 aromatic rings. The summed E-state index contributed by atoms with van der Waals surface area (Å²) in [5, 5.41) is 5.70. The van der Waals surface area contributed by atoms with Gasteiger partial charge in [-0.1, -0.05) is 8.64 Å². The van der Waals surface area contributed by atoms with Gasteiger partial charge in [0.25, 0.3) is 0 Å². The third kappa shape index (κ3) is 18.1. The molecule has 0 aliphatic heterocycles. The first-order valence-corrected chi connectivity index (χ1v) is 4.58. The summed E-state index contributed by atoms with van der Waals surface area (Å²) in [4.78, 5) is 0. The van der Waals surface area contributed by atoms with Crippen LogP contribution in [0.5, 0.6) is 0 Å². The molecule has 0 radical (unpaired) electrons. The van der Waals surface area contributed by atoms with Crippen molar-refractivity contribution in [3.63, 3.8) is 0 Å². The van der Waals surface area contributed by atoms with Crippen molar-refractivity contribution in [2.75, 3.05) is 6.54 Å². The fourth-order valence-electron chi connectivity index (χ4n) is 0.489. The predicted molar refractivity (Wildman–Crippen MR) is 60.5 cm³/mol. The summed E-state index contributed by atoms with van der Waals surface area (Å²) in [5.74, 6) is 0. The van der Waals surface area contributed by atoms with Crippen LogP contribution in [0.15, 0.2) is 0 Å². The number of nitrogens with one attached hydrogen (secondary N) is 2. The second-order valence-corrected chi connectivity index (χ2v) is 4.15. The number of rotatable bonds is 3. The largest absolute Gasteiger partial charge is 1.00 e. The first kappa shape index (κ1) is 21.7. The van der Waals surface area contributed by atoms with Crippen LogP contribution >= 0.6 is 24.4 Å².